The molecular weight excluding hydrogens is 224 g/mol. The number of ketones is 6. The molecule has 82 valence electrons. The summed E-state index contributed by atoms with van der Waals surface area (Å²) in [5, 5.41) is 0. The summed E-state index contributed by atoms with van der Waals surface area (Å²) in [6.45, 7) is 0. The monoisotopic (exact) mass is 226 g/mol. The van der Waals surface area contributed by atoms with Gasteiger partial charge in [-0.3, -0.25) is 38.4 Å². The lowest BCUT2D eigenvalue weighted by molar-refractivity contribution is -0.153. The van der Waals surface area contributed by atoms with Crippen molar-refractivity contribution in [2.24, 2.45) is 0 Å². The Bertz CT molecular complexity index is 399. The van der Waals surface area contributed by atoms with Crippen LogP contribution in [-0.4, -0.2) is 47.3 Å². The Balaban J connectivity index is 4.96. The summed E-state index contributed by atoms with van der Waals surface area (Å²) < 4.78 is 0. The van der Waals surface area contributed by atoms with Gasteiger partial charge in [0, 0.05) is 0 Å². The van der Waals surface area contributed by atoms with Crippen molar-refractivity contribution in [1.82, 2.24) is 0 Å². The Morgan fingerprint density at radius 2 is 0.750 bits per heavy atom. The second-order valence-corrected chi connectivity index (χ2v) is 2.28. The van der Waals surface area contributed by atoms with Crippen LogP contribution in [0.5, 0.6) is 0 Å². The van der Waals surface area contributed by atoms with Gasteiger partial charge in [0.1, 0.15) is 0 Å². The molecule has 0 rings (SSSR count). The highest BCUT2D eigenvalue weighted by atomic mass is 16.2. The first-order valence-electron chi connectivity index (χ1n) is 3.52. The van der Waals surface area contributed by atoms with E-state index in [9.17, 15) is 38.4 Å². The number of Topliss-reactive ketones (excluding diaryl/α,β-unsaturated/α-hetero) is 6. The van der Waals surface area contributed by atoms with Crippen molar-refractivity contribution in [3.05, 3.63) is 0 Å². The zero-order valence-electron chi connectivity index (χ0n) is 7.42. The highest BCUT2D eigenvalue weighted by Crippen LogP contribution is 1.86. The first-order chi connectivity index (χ1) is 7.36. The molecule has 8 heteroatoms. The molecule has 0 aliphatic rings. The number of carbonyl (C=O) groups excluding carboxylic acids is 8. The lowest BCUT2D eigenvalue weighted by atomic mass is 10.0. The van der Waals surface area contributed by atoms with Gasteiger partial charge in [-0.1, -0.05) is 0 Å². The van der Waals surface area contributed by atoms with E-state index in [4.69, 9.17) is 0 Å². The summed E-state index contributed by atoms with van der Waals surface area (Å²) in [5.74, 6) is -12.0. The highest BCUT2D eigenvalue weighted by molar-refractivity contribution is 6.96. The molecule has 0 heterocycles. The molecule has 0 fully saturated rings. The summed E-state index contributed by atoms with van der Waals surface area (Å²) in [7, 11) is 0. The molecule has 0 amide bonds. The molecule has 0 aromatic carbocycles. The first kappa shape index (κ1) is 13.4. The van der Waals surface area contributed by atoms with E-state index in [1.54, 1.807) is 0 Å². The van der Waals surface area contributed by atoms with E-state index in [1.165, 1.54) is 0 Å². The molecule has 0 saturated carbocycles. The predicted octanol–water partition coefficient (Wildman–Crippen LogP) is -3.20. The topological polar surface area (TPSA) is 137 Å². The maximum absolute atomic E-state index is 10.7. The van der Waals surface area contributed by atoms with Crippen molar-refractivity contribution < 1.29 is 38.4 Å². The number of carbonyl (C=O) groups is 8. The average molecular weight is 226 g/mol. The van der Waals surface area contributed by atoms with Gasteiger partial charge in [0.25, 0.3) is 34.7 Å². The van der Waals surface area contributed by atoms with Crippen LogP contribution in [0, 0.1) is 0 Å². The third-order valence-corrected chi connectivity index (χ3v) is 1.28. The molecular formula is C8H2O8. The van der Waals surface area contributed by atoms with Crippen molar-refractivity contribution in [3.63, 3.8) is 0 Å². The molecule has 0 aromatic rings. The molecule has 8 nitrogen and oxygen atoms in total. The van der Waals surface area contributed by atoms with Crippen LogP contribution in [0.15, 0.2) is 0 Å². The smallest absolute Gasteiger partial charge is 0.281 e. The first-order valence-corrected chi connectivity index (χ1v) is 3.52. The molecule has 16 heavy (non-hydrogen) atoms. The van der Waals surface area contributed by atoms with Crippen LogP contribution >= 0.6 is 0 Å². The molecule has 0 spiro atoms. The van der Waals surface area contributed by atoms with Crippen LogP contribution in [0.1, 0.15) is 0 Å². The van der Waals surface area contributed by atoms with Crippen molar-refractivity contribution in [2.45, 2.75) is 0 Å². The highest BCUT2D eigenvalue weighted by Gasteiger charge is 2.35. The maximum Gasteiger partial charge on any atom is 0.281 e. The van der Waals surface area contributed by atoms with Crippen LogP contribution < -0.4 is 0 Å². The Kier molecular flexibility index (Phi) is 4.42. The minimum Gasteiger partial charge on any atom is -0.294 e. The molecule has 0 saturated heterocycles. The van der Waals surface area contributed by atoms with Gasteiger partial charge in [-0.25, -0.2) is 0 Å². The van der Waals surface area contributed by atoms with Gasteiger partial charge in [0.05, 0.1) is 0 Å². The van der Waals surface area contributed by atoms with Gasteiger partial charge in [-0.2, -0.15) is 0 Å². The van der Waals surface area contributed by atoms with Crippen molar-refractivity contribution >= 4 is 47.3 Å². The second kappa shape index (κ2) is 5.29. The lowest BCUT2D eigenvalue weighted by Gasteiger charge is -1.91. The van der Waals surface area contributed by atoms with Gasteiger partial charge >= 0.3 is 0 Å². The van der Waals surface area contributed by atoms with E-state index in [2.05, 4.69) is 0 Å². The van der Waals surface area contributed by atoms with Crippen LogP contribution in [0.3, 0.4) is 0 Å². The fourth-order valence-corrected chi connectivity index (χ4v) is 0.537. The fourth-order valence-electron chi connectivity index (χ4n) is 0.537. The van der Waals surface area contributed by atoms with Gasteiger partial charge in [0.2, 0.25) is 0 Å². The molecule has 0 bridgehead atoms. The SMILES string of the molecule is O=CC(=O)C(=O)C(=O)C(=O)C(=O)C(=O)C=O. The Labute approximate surface area is 86.6 Å². The minimum absolute atomic E-state index is 0.528. The van der Waals surface area contributed by atoms with E-state index in [1.807, 2.05) is 0 Å². The number of hydrogen-bond acceptors (Lipinski definition) is 8. The summed E-state index contributed by atoms with van der Waals surface area (Å²) in [5.41, 5.74) is 0. The zero-order valence-corrected chi connectivity index (χ0v) is 7.42. The van der Waals surface area contributed by atoms with E-state index in [0.717, 1.165) is 0 Å². The van der Waals surface area contributed by atoms with Crippen LogP contribution in [0.2, 0.25) is 0 Å². The number of rotatable bonds is 7. The van der Waals surface area contributed by atoms with E-state index >= 15 is 0 Å². The Morgan fingerprint density at radius 3 is 0.938 bits per heavy atom. The average Bonchev–Trinajstić information content (AvgIpc) is 2.32. The molecule has 0 atom stereocenters. The fraction of sp³-hybridized carbons (Fsp3) is 0. The summed E-state index contributed by atoms with van der Waals surface area (Å²) in [4.78, 5) is 83.0. The zero-order chi connectivity index (χ0) is 12.9. The quantitative estimate of drug-likeness (QED) is 0.251. The number of aldehydes is 2. The predicted molar refractivity (Wildman–Crippen MR) is 42.2 cm³/mol. The molecule has 0 unspecified atom stereocenters. The van der Waals surface area contributed by atoms with Gasteiger partial charge in [-0.05, 0) is 0 Å². The van der Waals surface area contributed by atoms with Gasteiger partial charge in [0.15, 0.2) is 12.6 Å². The van der Waals surface area contributed by atoms with Crippen molar-refractivity contribution in [2.75, 3.05) is 0 Å². The normalized spacial score (nSPS) is 8.75. The van der Waals surface area contributed by atoms with Crippen LogP contribution in [0.4, 0.5) is 0 Å². The summed E-state index contributed by atoms with van der Waals surface area (Å²) in [6, 6.07) is 0. The molecule has 0 aromatic heterocycles. The molecule has 0 radical (unpaired) electrons. The molecule has 0 N–H and O–H groups in total. The molecule has 0 aliphatic heterocycles. The summed E-state index contributed by atoms with van der Waals surface area (Å²) >= 11 is 0. The third-order valence-electron chi connectivity index (χ3n) is 1.28. The standard InChI is InChI=1S/C8H2O8/c9-1-3(11)5(13)7(15)8(16)6(14)4(12)2-10/h1-2H. The second-order valence-electron chi connectivity index (χ2n) is 2.28. The molecule has 0 aliphatic carbocycles. The lowest BCUT2D eigenvalue weighted by Crippen LogP contribution is -2.38. The maximum atomic E-state index is 10.7. The van der Waals surface area contributed by atoms with E-state index in [-0.39, 0.29) is 0 Å². The number of hydrogen-bond donors (Lipinski definition) is 0. The van der Waals surface area contributed by atoms with Gasteiger partial charge < -0.3 is 0 Å². The largest absolute Gasteiger partial charge is 0.294 e. The Hall–Kier alpha value is -2.64. The van der Waals surface area contributed by atoms with E-state index in [0.29, 0.717) is 0 Å². The van der Waals surface area contributed by atoms with Gasteiger partial charge in [-0.15, -0.1) is 0 Å². The van der Waals surface area contributed by atoms with Crippen LogP contribution in [0.25, 0.3) is 0 Å². The van der Waals surface area contributed by atoms with Crippen molar-refractivity contribution in [1.29, 1.82) is 0 Å². The van der Waals surface area contributed by atoms with E-state index < -0.39 is 47.3 Å². The minimum atomic E-state index is -2.13. The van der Waals surface area contributed by atoms with Crippen molar-refractivity contribution in [3.8, 4) is 0 Å². The Morgan fingerprint density at radius 1 is 0.500 bits per heavy atom. The van der Waals surface area contributed by atoms with Crippen LogP contribution in [-0.2, 0) is 38.4 Å². The third kappa shape index (κ3) is 2.67. The summed E-state index contributed by atoms with van der Waals surface area (Å²) in [6.07, 6.45) is -1.06.